The molecule has 1 aromatic carbocycles. The van der Waals surface area contributed by atoms with Crippen molar-refractivity contribution >= 4 is 28.7 Å². The van der Waals surface area contributed by atoms with Crippen LogP contribution >= 0.6 is 11.9 Å². The van der Waals surface area contributed by atoms with E-state index in [-0.39, 0.29) is 5.79 Å². The molecule has 6 nitrogen and oxygen atoms in total. The Morgan fingerprint density at radius 3 is 2.64 bits per heavy atom. The predicted molar refractivity (Wildman–Crippen MR) is 111 cm³/mol. The molecule has 7 heteroatoms. The maximum atomic E-state index is 5.86. The van der Waals surface area contributed by atoms with Crippen molar-refractivity contribution < 1.29 is 9.47 Å². The SMILES string of the molecule is NSc1cccc(-c2ccc3nccc(N4CCC5(CC4)OCCO5)c3n2)c1. The molecule has 2 aliphatic heterocycles. The number of rotatable bonds is 3. The maximum Gasteiger partial charge on any atom is 0.171 e. The van der Waals surface area contributed by atoms with E-state index < -0.39 is 0 Å². The standard InChI is InChI=1S/C21H22N4O2S/c22-28-16-3-1-2-15(14-16)17-4-5-18-20(24-17)19(6-9-23-18)25-10-7-21(8-11-25)26-12-13-27-21/h1-6,9,14H,7-8,10-13,22H2. The van der Waals surface area contributed by atoms with Gasteiger partial charge in [-0.2, -0.15) is 0 Å². The molecule has 5 rings (SSSR count). The molecular formula is C21H22N4O2S. The molecule has 0 unspecified atom stereocenters. The Balaban J connectivity index is 1.49. The normalized spacial score (nSPS) is 18.8. The van der Waals surface area contributed by atoms with Gasteiger partial charge in [0.2, 0.25) is 0 Å². The van der Waals surface area contributed by atoms with Crippen LogP contribution in [-0.2, 0) is 9.47 Å². The van der Waals surface area contributed by atoms with Gasteiger partial charge < -0.3 is 14.4 Å². The molecule has 3 aromatic rings. The van der Waals surface area contributed by atoms with E-state index in [1.54, 1.807) is 0 Å². The zero-order valence-electron chi connectivity index (χ0n) is 15.5. The van der Waals surface area contributed by atoms with Crippen LogP contribution < -0.4 is 10.0 Å². The number of hydrogen-bond donors (Lipinski definition) is 1. The first-order valence-electron chi connectivity index (χ1n) is 9.52. The largest absolute Gasteiger partial charge is 0.369 e. The monoisotopic (exact) mass is 394 g/mol. The molecule has 0 radical (unpaired) electrons. The maximum absolute atomic E-state index is 5.86. The third-order valence-electron chi connectivity index (χ3n) is 5.51. The Hall–Kier alpha value is -2.19. The molecule has 2 fully saturated rings. The summed E-state index contributed by atoms with van der Waals surface area (Å²) in [4.78, 5) is 12.9. The van der Waals surface area contributed by atoms with Crippen molar-refractivity contribution in [3.63, 3.8) is 0 Å². The zero-order valence-corrected chi connectivity index (χ0v) is 16.3. The first kappa shape index (κ1) is 17.9. The van der Waals surface area contributed by atoms with Crippen molar-refractivity contribution in [1.29, 1.82) is 0 Å². The van der Waals surface area contributed by atoms with Crippen LogP contribution in [0.2, 0.25) is 0 Å². The van der Waals surface area contributed by atoms with E-state index >= 15 is 0 Å². The summed E-state index contributed by atoms with van der Waals surface area (Å²) in [6.45, 7) is 3.15. The van der Waals surface area contributed by atoms with Crippen LogP contribution in [0.15, 0.2) is 53.6 Å². The van der Waals surface area contributed by atoms with Gasteiger partial charge in [-0.25, -0.2) is 4.98 Å². The average Bonchev–Trinajstić information content (AvgIpc) is 3.21. The van der Waals surface area contributed by atoms with Gasteiger partial charge >= 0.3 is 0 Å². The highest BCUT2D eigenvalue weighted by molar-refractivity contribution is 7.97. The quantitative estimate of drug-likeness (QED) is 0.680. The minimum Gasteiger partial charge on any atom is -0.369 e. The van der Waals surface area contributed by atoms with Crippen LogP contribution in [0.1, 0.15) is 12.8 Å². The van der Waals surface area contributed by atoms with Crippen molar-refractivity contribution in [2.45, 2.75) is 23.5 Å². The third-order valence-corrected chi connectivity index (χ3v) is 6.03. The second kappa shape index (κ2) is 7.33. The molecule has 1 spiro atoms. The van der Waals surface area contributed by atoms with Crippen LogP contribution in [0.5, 0.6) is 0 Å². The number of pyridine rings is 2. The molecule has 2 saturated heterocycles. The summed E-state index contributed by atoms with van der Waals surface area (Å²) in [6.07, 6.45) is 3.59. The highest BCUT2D eigenvalue weighted by atomic mass is 32.2. The number of nitrogens with zero attached hydrogens (tertiary/aromatic N) is 3. The number of aromatic nitrogens is 2. The number of ether oxygens (including phenoxy) is 2. The average molecular weight is 395 g/mol. The molecule has 2 N–H and O–H groups in total. The van der Waals surface area contributed by atoms with Gasteiger partial charge in [-0.1, -0.05) is 12.1 Å². The second-order valence-corrected chi connectivity index (χ2v) is 7.84. The van der Waals surface area contributed by atoms with Crippen LogP contribution in [0, 0.1) is 0 Å². The lowest BCUT2D eigenvalue weighted by Crippen LogP contribution is -2.45. The zero-order chi connectivity index (χ0) is 19.0. The molecular weight excluding hydrogens is 372 g/mol. The van der Waals surface area contributed by atoms with Crippen LogP contribution in [0.25, 0.3) is 22.3 Å². The Labute approximate surface area is 168 Å². The van der Waals surface area contributed by atoms with Gasteiger partial charge in [0.15, 0.2) is 5.79 Å². The third kappa shape index (κ3) is 3.24. The molecule has 0 saturated carbocycles. The Bertz CT molecular complexity index is 997. The fourth-order valence-electron chi connectivity index (χ4n) is 4.03. The summed E-state index contributed by atoms with van der Waals surface area (Å²) in [5.74, 6) is -0.377. The van der Waals surface area contributed by atoms with Gasteiger partial charge in [0.25, 0.3) is 0 Å². The second-order valence-electron chi connectivity index (χ2n) is 7.13. The number of anilines is 1. The van der Waals surface area contributed by atoms with Crippen LogP contribution in [0.3, 0.4) is 0 Å². The lowest BCUT2D eigenvalue weighted by Gasteiger charge is -2.38. The summed E-state index contributed by atoms with van der Waals surface area (Å²) in [5.41, 5.74) is 4.92. The van der Waals surface area contributed by atoms with Gasteiger partial charge in [-0.05, 0) is 42.3 Å². The van der Waals surface area contributed by atoms with E-state index in [0.717, 1.165) is 58.8 Å². The van der Waals surface area contributed by atoms with Crippen molar-refractivity contribution in [2.75, 3.05) is 31.2 Å². The highest BCUT2D eigenvalue weighted by Gasteiger charge is 2.40. The van der Waals surface area contributed by atoms with E-state index in [9.17, 15) is 0 Å². The number of piperidine rings is 1. The van der Waals surface area contributed by atoms with E-state index in [1.165, 1.54) is 11.9 Å². The number of fused-ring (bicyclic) bond motifs is 1. The minimum atomic E-state index is -0.377. The lowest BCUT2D eigenvalue weighted by atomic mass is 10.0. The lowest BCUT2D eigenvalue weighted by molar-refractivity contribution is -0.169. The Morgan fingerprint density at radius 2 is 1.86 bits per heavy atom. The van der Waals surface area contributed by atoms with Gasteiger partial charge in [0.1, 0.15) is 5.52 Å². The molecule has 4 heterocycles. The van der Waals surface area contributed by atoms with E-state index in [2.05, 4.69) is 28.1 Å². The molecule has 28 heavy (non-hydrogen) atoms. The predicted octanol–water partition coefficient (Wildman–Crippen LogP) is 3.61. The van der Waals surface area contributed by atoms with E-state index in [4.69, 9.17) is 19.6 Å². The number of benzene rings is 1. The van der Waals surface area contributed by atoms with Crippen molar-refractivity contribution in [3.05, 3.63) is 48.7 Å². The minimum absolute atomic E-state index is 0.377. The summed E-state index contributed by atoms with van der Waals surface area (Å²) >= 11 is 1.24. The highest BCUT2D eigenvalue weighted by Crippen LogP contribution is 2.35. The first-order valence-corrected chi connectivity index (χ1v) is 10.4. The topological polar surface area (TPSA) is 73.5 Å². The fraction of sp³-hybridized carbons (Fsp3) is 0.333. The van der Waals surface area contributed by atoms with Gasteiger partial charge in [-0.15, -0.1) is 0 Å². The Kier molecular flexibility index (Phi) is 4.68. The van der Waals surface area contributed by atoms with Gasteiger partial charge in [0.05, 0.1) is 30.1 Å². The molecule has 0 aliphatic carbocycles. The molecule has 2 aromatic heterocycles. The van der Waals surface area contributed by atoms with Crippen molar-refractivity contribution in [2.24, 2.45) is 5.14 Å². The summed E-state index contributed by atoms with van der Waals surface area (Å²) < 4.78 is 11.7. The Morgan fingerprint density at radius 1 is 1.04 bits per heavy atom. The van der Waals surface area contributed by atoms with Crippen LogP contribution in [-0.4, -0.2) is 42.1 Å². The smallest absolute Gasteiger partial charge is 0.171 e. The number of hydrogen-bond acceptors (Lipinski definition) is 7. The molecule has 0 atom stereocenters. The van der Waals surface area contributed by atoms with Crippen LogP contribution in [0.4, 0.5) is 5.69 Å². The summed E-state index contributed by atoms with van der Waals surface area (Å²) in [7, 11) is 0. The molecule has 0 amide bonds. The van der Waals surface area contributed by atoms with Crippen molar-refractivity contribution in [1.82, 2.24) is 9.97 Å². The first-order chi connectivity index (χ1) is 13.8. The van der Waals surface area contributed by atoms with Gasteiger partial charge in [-0.3, -0.25) is 10.1 Å². The van der Waals surface area contributed by atoms with Crippen molar-refractivity contribution in [3.8, 4) is 11.3 Å². The fourth-order valence-corrected chi connectivity index (χ4v) is 4.38. The molecule has 2 aliphatic rings. The van der Waals surface area contributed by atoms with E-state index in [1.807, 2.05) is 30.5 Å². The van der Waals surface area contributed by atoms with Gasteiger partial charge in [0, 0.05) is 42.6 Å². The summed E-state index contributed by atoms with van der Waals surface area (Å²) in [5, 5.41) is 5.72. The molecule has 144 valence electrons. The van der Waals surface area contributed by atoms with E-state index in [0.29, 0.717) is 13.2 Å². The number of nitrogens with two attached hydrogens (primary N) is 1. The summed E-state index contributed by atoms with van der Waals surface area (Å²) in [6, 6.07) is 14.2. The molecule has 0 bridgehead atoms.